The zero-order valence-electron chi connectivity index (χ0n) is 17.9. The zero-order valence-corrected chi connectivity index (χ0v) is 18.7. The lowest BCUT2D eigenvalue weighted by molar-refractivity contribution is 0.415. The Morgan fingerprint density at radius 1 is 0.839 bits per heavy atom. The van der Waals surface area contributed by atoms with E-state index in [1.54, 1.807) is 14.2 Å². The summed E-state index contributed by atoms with van der Waals surface area (Å²) in [7, 11) is 3.37. The average molecular weight is 433 g/mol. The van der Waals surface area contributed by atoms with E-state index in [9.17, 15) is 0 Å². The van der Waals surface area contributed by atoms with Gasteiger partial charge in [-0.3, -0.25) is 4.68 Å². The molecule has 4 nitrogen and oxygen atoms in total. The average Bonchev–Trinajstić information content (AvgIpc) is 3.18. The molecule has 0 saturated heterocycles. The smallest absolute Gasteiger partial charge is 0.119 e. The van der Waals surface area contributed by atoms with E-state index in [2.05, 4.69) is 29.8 Å². The summed E-state index contributed by atoms with van der Waals surface area (Å²) >= 11 is 6.09. The lowest BCUT2D eigenvalue weighted by atomic mass is 9.99. The molecule has 0 bridgehead atoms. The number of ether oxygens (including phenoxy) is 2. The molecule has 31 heavy (non-hydrogen) atoms. The Hall–Kier alpha value is -3.24. The summed E-state index contributed by atoms with van der Waals surface area (Å²) in [5.41, 5.74) is 6.50. The quantitative estimate of drug-likeness (QED) is 0.334. The van der Waals surface area contributed by atoms with Crippen LogP contribution in [0.15, 0.2) is 72.8 Å². The minimum Gasteiger partial charge on any atom is -0.497 e. The normalized spacial score (nSPS) is 10.8. The molecule has 0 aliphatic heterocycles. The van der Waals surface area contributed by atoms with Crippen molar-refractivity contribution in [2.24, 2.45) is 0 Å². The van der Waals surface area contributed by atoms with Gasteiger partial charge in [0.25, 0.3) is 0 Å². The van der Waals surface area contributed by atoms with Gasteiger partial charge in [0, 0.05) is 21.7 Å². The number of hydrogen-bond donors (Lipinski definition) is 0. The third-order valence-electron chi connectivity index (χ3n) is 5.34. The van der Waals surface area contributed by atoms with Crippen LogP contribution in [0.3, 0.4) is 0 Å². The molecule has 0 aliphatic carbocycles. The molecule has 0 spiro atoms. The molecular formula is C26H25ClN2O2. The van der Waals surface area contributed by atoms with Crippen molar-refractivity contribution in [2.45, 2.75) is 19.9 Å². The van der Waals surface area contributed by atoms with Crippen molar-refractivity contribution in [3.05, 3.63) is 88.9 Å². The number of aromatic nitrogens is 2. The van der Waals surface area contributed by atoms with Crippen molar-refractivity contribution in [2.75, 3.05) is 14.2 Å². The standard InChI is InChI=1S/C26H25ClN2O2/c1-4-24-25(19-7-5-9-22(15-19)30-2)28-29(17-18-11-13-21(27)14-12-18)26(24)20-8-6-10-23(16-20)31-3/h5-16H,4,17H2,1-3H3. The van der Waals surface area contributed by atoms with Gasteiger partial charge < -0.3 is 9.47 Å². The Balaban J connectivity index is 1.90. The van der Waals surface area contributed by atoms with Crippen LogP contribution in [0.4, 0.5) is 0 Å². The molecule has 0 fully saturated rings. The predicted molar refractivity (Wildman–Crippen MR) is 126 cm³/mol. The van der Waals surface area contributed by atoms with E-state index in [0.717, 1.165) is 51.0 Å². The zero-order chi connectivity index (χ0) is 21.8. The largest absolute Gasteiger partial charge is 0.497 e. The Bertz CT molecular complexity index is 1180. The second kappa shape index (κ2) is 9.27. The summed E-state index contributed by atoms with van der Waals surface area (Å²) in [4.78, 5) is 0. The molecule has 1 aromatic heterocycles. The molecule has 0 saturated carbocycles. The van der Waals surface area contributed by atoms with Crippen LogP contribution >= 0.6 is 11.6 Å². The highest BCUT2D eigenvalue weighted by molar-refractivity contribution is 6.30. The van der Waals surface area contributed by atoms with E-state index >= 15 is 0 Å². The second-order valence-electron chi connectivity index (χ2n) is 7.28. The van der Waals surface area contributed by atoms with Crippen molar-refractivity contribution >= 4 is 11.6 Å². The van der Waals surface area contributed by atoms with E-state index < -0.39 is 0 Å². The Morgan fingerprint density at radius 3 is 2.06 bits per heavy atom. The fourth-order valence-electron chi connectivity index (χ4n) is 3.81. The number of benzene rings is 3. The maximum absolute atomic E-state index is 6.09. The van der Waals surface area contributed by atoms with Gasteiger partial charge in [0.15, 0.2) is 0 Å². The monoisotopic (exact) mass is 432 g/mol. The number of halogens is 1. The Labute approximate surface area is 188 Å². The maximum atomic E-state index is 6.09. The summed E-state index contributed by atoms with van der Waals surface area (Å²) in [5, 5.41) is 5.79. The molecule has 158 valence electrons. The van der Waals surface area contributed by atoms with Gasteiger partial charge in [-0.2, -0.15) is 5.10 Å². The van der Waals surface area contributed by atoms with Crippen LogP contribution in [0.1, 0.15) is 18.1 Å². The van der Waals surface area contributed by atoms with E-state index in [4.69, 9.17) is 26.2 Å². The van der Waals surface area contributed by atoms with E-state index in [1.807, 2.05) is 54.6 Å². The third kappa shape index (κ3) is 4.44. The van der Waals surface area contributed by atoms with Crippen LogP contribution in [-0.2, 0) is 13.0 Å². The van der Waals surface area contributed by atoms with Gasteiger partial charge in [-0.05, 0) is 48.4 Å². The summed E-state index contributed by atoms with van der Waals surface area (Å²) in [5.74, 6) is 1.64. The molecule has 0 N–H and O–H groups in total. The highest BCUT2D eigenvalue weighted by Gasteiger charge is 2.20. The van der Waals surface area contributed by atoms with E-state index in [-0.39, 0.29) is 0 Å². The van der Waals surface area contributed by atoms with Crippen molar-refractivity contribution < 1.29 is 9.47 Å². The summed E-state index contributed by atoms with van der Waals surface area (Å²) in [6, 6.07) is 24.1. The van der Waals surface area contributed by atoms with Gasteiger partial charge in [0.05, 0.1) is 32.2 Å². The number of nitrogens with zero attached hydrogens (tertiary/aromatic N) is 2. The highest BCUT2D eigenvalue weighted by Crippen LogP contribution is 2.35. The van der Waals surface area contributed by atoms with Gasteiger partial charge in [-0.1, -0.05) is 54.9 Å². The first-order chi connectivity index (χ1) is 15.1. The molecule has 0 aliphatic rings. The molecule has 0 radical (unpaired) electrons. The molecule has 3 aromatic carbocycles. The second-order valence-corrected chi connectivity index (χ2v) is 7.71. The summed E-state index contributed by atoms with van der Waals surface area (Å²) < 4.78 is 13.0. The minimum absolute atomic E-state index is 0.640. The van der Waals surface area contributed by atoms with Crippen LogP contribution < -0.4 is 9.47 Å². The molecule has 4 aromatic rings. The lowest BCUT2D eigenvalue weighted by Gasteiger charge is -2.11. The third-order valence-corrected chi connectivity index (χ3v) is 5.59. The van der Waals surface area contributed by atoms with Gasteiger partial charge in [0.1, 0.15) is 11.5 Å². The van der Waals surface area contributed by atoms with Crippen molar-refractivity contribution in [3.8, 4) is 34.0 Å². The molecular weight excluding hydrogens is 408 g/mol. The molecule has 0 unspecified atom stereocenters. The van der Waals surface area contributed by atoms with Crippen molar-refractivity contribution in [1.82, 2.24) is 9.78 Å². The topological polar surface area (TPSA) is 36.3 Å². The molecule has 0 amide bonds. The fourth-order valence-corrected chi connectivity index (χ4v) is 3.93. The van der Waals surface area contributed by atoms with Crippen LogP contribution in [-0.4, -0.2) is 24.0 Å². The molecule has 0 atom stereocenters. The van der Waals surface area contributed by atoms with Crippen LogP contribution in [0.5, 0.6) is 11.5 Å². The van der Waals surface area contributed by atoms with Gasteiger partial charge >= 0.3 is 0 Å². The molecule has 5 heteroatoms. The Morgan fingerprint density at radius 2 is 1.45 bits per heavy atom. The summed E-state index contributed by atoms with van der Waals surface area (Å²) in [6.07, 6.45) is 0.847. The first kappa shape index (κ1) is 21.0. The number of hydrogen-bond acceptors (Lipinski definition) is 3. The first-order valence-corrected chi connectivity index (χ1v) is 10.6. The minimum atomic E-state index is 0.640. The van der Waals surface area contributed by atoms with E-state index in [0.29, 0.717) is 6.54 Å². The van der Waals surface area contributed by atoms with Crippen molar-refractivity contribution in [3.63, 3.8) is 0 Å². The Kier molecular flexibility index (Phi) is 6.28. The maximum Gasteiger partial charge on any atom is 0.119 e. The molecule has 1 heterocycles. The van der Waals surface area contributed by atoms with E-state index in [1.165, 1.54) is 5.56 Å². The molecule has 4 rings (SSSR count). The lowest BCUT2D eigenvalue weighted by Crippen LogP contribution is -2.04. The van der Waals surface area contributed by atoms with Crippen molar-refractivity contribution in [1.29, 1.82) is 0 Å². The highest BCUT2D eigenvalue weighted by atomic mass is 35.5. The van der Waals surface area contributed by atoms with Crippen LogP contribution in [0, 0.1) is 0 Å². The summed E-state index contributed by atoms with van der Waals surface area (Å²) in [6.45, 7) is 2.80. The SMILES string of the molecule is CCc1c(-c2cccc(OC)c2)nn(Cc2ccc(Cl)cc2)c1-c1cccc(OC)c1. The predicted octanol–water partition coefficient (Wildman–Crippen LogP) is 6.50. The van der Waals surface area contributed by atoms with Gasteiger partial charge in [-0.15, -0.1) is 0 Å². The van der Waals surface area contributed by atoms with Gasteiger partial charge in [0.2, 0.25) is 0 Å². The number of methoxy groups -OCH3 is 2. The number of rotatable bonds is 7. The van der Waals surface area contributed by atoms with Gasteiger partial charge in [-0.25, -0.2) is 0 Å². The van der Waals surface area contributed by atoms with Crippen LogP contribution in [0.2, 0.25) is 5.02 Å². The first-order valence-electron chi connectivity index (χ1n) is 10.3. The fraction of sp³-hybridized carbons (Fsp3) is 0.192. The van der Waals surface area contributed by atoms with Crippen LogP contribution in [0.25, 0.3) is 22.5 Å².